The van der Waals surface area contributed by atoms with Crippen LogP contribution in [0.4, 0.5) is 0 Å². The summed E-state index contributed by atoms with van der Waals surface area (Å²) in [5.74, 6) is -0.626. The van der Waals surface area contributed by atoms with Gasteiger partial charge in [0.1, 0.15) is 12.3 Å². The van der Waals surface area contributed by atoms with Crippen molar-refractivity contribution in [2.75, 3.05) is 6.61 Å². The minimum atomic E-state index is -0.378. The molecule has 0 fully saturated rings. The van der Waals surface area contributed by atoms with Crippen molar-refractivity contribution in [2.45, 2.75) is 32.8 Å². The first-order valence-electron chi connectivity index (χ1n) is 9.25. The average molecular weight is 444 g/mol. The van der Waals surface area contributed by atoms with Crippen LogP contribution in [0.25, 0.3) is 10.9 Å². The van der Waals surface area contributed by atoms with Crippen LogP contribution in [0.3, 0.4) is 0 Å². The van der Waals surface area contributed by atoms with Crippen LogP contribution in [-0.2, 0) is 27.3 Å². The van der Waals surface area contributed by atoms with Gasteiger partial charge in [-0.2, -0.15) is 0 Å². The predicted molar refractivity (Wildman–Crippen MR) is 111 cm³/mol. The Hall–Kier alpha value is -2.60. The van der Waals surface area contributed by atoms with Crippen molar-refractivity contribution in [3.8, 4) is 0 Å². The smallest absolute Gasteiger partial charge is 0.355 e. The molecule has 0 unspecified atom stereocenters. The molecule has 1 heterocycles. The Bertz CT molecular complexity index is 965. The number of halogens is 1. The number of H-pyrrole nitrogens is 1. The fourth-order valence-electron chi connectivity index (χ4n) is 3.08. The van der Waals surface area contributed by atoms with Gasteiger partial charge in [-0.3, -0.25) is 4.79 Å². The molecule has 0 amide bonds. The third-order valence-corrected chi connectivity index (χ3v) is 4.89. The lowest BCUT2D eigenvalue weighted by Crippen LogP contribution is -2.09. The fourth-order valence-corrected chi connectivity index (χ4v) is 3.44. The first-order chi connectivity index (χ1) is 13.6. The third kappa shape index (κ3) is 5.01. The number of ether oxygens (including phenoxy) is 2. The van der Waals surface area contributed by atoms with E-state index in [0.29, 0.717) is 25.1 Å². The Balaban J connectivity index is 1.65. The van der Waals surface area contributed by atoms with Gasteiger partial charge in [0, 0.05) is 21.8 Å². The molecule has 0 aliphatic rings. The molecule has 1 aromatic heterocycles. The lowest BCUT2D eigenvalue weighted by atomic mass is 10.0. The standard InChI is InChI=1S/C22H22BrNO4/c1-2-27-22(26)21-17(18-13-16(23)11-12-19(18)24-21)9-6-10-20(25)28-14-15-7-4-3-5-8-15/h3-5,7-8,11-13,24H,2,6,9-10,14H2,1H3. The predicted octanol–water partition coefficient (Wildman–Crippen LogP) is 5.17. The highest BCUT2D eigenvalue weighted by Crippen LogP contribution is 2.28. The van der Waals surface area contributed by atoms with Crippen LogP contribution in [0.2, 0.25) is 0 Å². The zero-order valence-electron chi connectivity index (χ0n) is 15.7. The zero-order valence-corrected chi connectivity index (χ0v) is 17.3. The average Bonchev–Trinajstić information content (AvgIpc) is 3.05. The number of carbonyl (C=O) groups excluding carboxylic acids is 2. The van der Waals surface area contributed by atoms with E-state index in [1.807, 2.05) is 48.5 Å². The highest BCUT2D eigenvalue weighted by Gasteiger charge is 2.19. The number of esters is 2. The minimum Gasteiger partial charge on any atom is -0.461 e. The van der Waals surface area contributed by atoms with Crippen molar-refractivity contribution >= 4 is 38.8 Å². The third-order valence-electron chi connectivity index (χ3n) is 4.40. The number of benzene rings is 2. The maximum atomic E-state index is 12.3. The number of carbonyl (C=O) groups is 2. The first kappa shape index (κ1) is 20.1. The van der Waals surface area contributed by atoms with E-state index in [-0.39, 0.29) is 25.0 Å². The van der Waals surface area contributed by atoms with Crippen LogP contribution in [0, 0.1) is 0 Å². The Labute approximate surface area is 172 Å². The van der Waals surface area contributed by atoms with Crippen molar-refractivity contribution < 1.29 is 19.1 Å². The molecule has 0 saturated heterocycles. The summed E-state index contributed by atoms with van der Waals surface area (Å²) in [5, 5.41) is 0.954. The number of nitrogens with one attached hydrogen (secondary N) is 1. The van der Waals surface area contributed by atoms with Gasteiger partial charge in [-0.25, -0.2) is 4.79 Å². The van der Waals surface area contributed by atoms with Crippen molar-refractivity contribution in [1.29, 1.82) is 0 Å². The summed E-state index contributed by atoms with van der Waals surface area (Å²) in [6, 6.07) is 15.4. The van der Waals surface area contributed by atoms with Crippen LogP contribution in [-0.4, -0.2) is 23.5 Å². The van der Waals surface area contributed by atoms with E-state index < -0.39 is 0 Å². The van der Waals surface area contributed by atoms with Crippen molar-refractivity contribution in [1.82, 2.24) is 4.98 Å². The van der Waals surface area contributed by atoms with Gasteiger partial charge in [0.25, 0.3) is 0 Å². The van der Waals surface area contributed by atoms with Crippen molar-refractivity contribution in [3.05, 3.63) is 69.8 Å². The Kier molecular flexibility index (Phi) is 6.87. The number of aromatic nitrogens is 1. The number of aromatic amines is 1. The summed E-state index contributed by atoms with van der Waals surface area (Å²) < 4.78 is 11.4. The monoisotopic (exact) mass is 443 g/mol. The zero-order chi connectivity index (χ0) is 19.9. The minimum absolute atomic E-state index is 0.248. The molecule has 0 aliphatic heterocycles. The van der Waals surface area contributed by atoms with Gasteiger partial charge in [0.2, 0.25) is 0 Å². The molecule has 0 saturated carbocycles. The van der Waals surface area contributed by atoms with Crippen LogP contribution in [0.15, 0.2) is 53.0 Å². The summed E-state index contributed by atoms with van der Waals surface area (Å²) in [6.07, 6.45) is 1.44. The molecule has 0 radical (unpaired) electrons. The normalized spacial score (nSPS) is 10.8. The van der Waals surface area contributed by atoms with Crippen LogP contribution < -0.4 is 0 Å². The van der Waals surface area contributed by atoms with Crippen molar-refractivity contribution in [2.24, 2.45) is 0 Å². The molecular weight excluding hydrogens is 422 g/mol. The van der Waals surface area contributed by atoms with E-state index in [1.54, 1.807) is 6.92 Å². The lowest BCUT2D eigenvalue weighted by Gasteiger charge is -2.06. The van der Waals surface area contributed by atoms with E-state index in [9.17, 15) is 9.59 Å². The number of fused-ring (bicyclic) bond motifs is 1. The molecule has 28 heavy (non-hydrogen) atoms. The van der Waals surface area contributed by atoms with E-state index in [4.69, 9.17) is 9.47 Å². The highest BCUT2D eigenvalue weighted by atomic mass is 79.9. The quantitative estimate of drug-likeness (QED) is 0.487. The molecule has 0 spiro atoms. The van der Waals surface area contributed by atoms with Crippen molar-refractivity contribution in [3.63, 3.8) is 0 Å². The molecule has 0 atom stereocenters. The van der Waals surface area contributed by atoms with E-state index in [1.165, 1.54) is 0 Å². The summed E-state index contributed by atoms with van der Waals surface area (Å²) in [7, 11) is 0. The molecule has 5 nitrogen and oxygen atoms in total. The van der Waals surface area contributed by atoms with E-state index in [0.717, 1.165) is 26.5 Å². The van der Waals surface area contributed by atoms with Gasteiger partial charge in [0.15, 0.2) is 0 Å². The molecule has 146 valence electrons. The lowest BCUT2D eigenvalue weighted by molar-refractivity contribution is -0.145. The second-order valence-electron chi connectivity index (χ2n) is 6.39. The summed E-state index contributed by atoms with van der Waals surface area (Å²) in [4.78, 5) is 27.5. The van der Waals surface area contributed by atoms with E-state index >= 15 is 0 Å². The summed E-state index contributed by atoms with van der Waals surface area (Å²) in [6.45, 7) is 2.36. The van der Waals surface area contributed by atoms with Gasteiger partial charge in [0.05, 0.1) is 6.61 Å². The number of aryl methyl sites for hydroxylation is 1. The highest BCUT2D eigenvalue weighted by molar-refractivity contribution is 9.10. The topological polar surface area (TPSA) is 68.4 Å². The summed E-state index contributed by atoms with van der Waals surface area (Å²) >= 11 is 3.47. The number of rotatable bonds is 8. The second-order valence-corrected chi connectivity index (χ2v) is 7.30. The Morgan fingerprint density at radius 2 is 1.86 bits per heavy atom. The fraction of sp³-hybridized carbons (Fsp3) is 0.273. The number of hydrogen-bond donors (Lipinski definition) is 1. The van der Waals surface area contributed by atoms with Gasteiger partial charge >= 0.3 is 11.9 Å². The Morgan fingerprint density at radius 3 is 2.61 bits per heavy atom. The van der Waals surface area contributed by atoms with Gasteiger partial charge in [-0.1, -0.05) is 46.3 Å². The molecule has 1 N–H and O–H groups in total. The Morgan fingerprint density at radius 1 is 1.07 bits per heavy atom. The summed E-state index contributed by atoms with van der Waals surface area (Å²) in [5.41, 5.74) is 3.15. The van der Waals surface area contributed by atoms with Gasteiger partial charge < -0.3 is 14.5 Å². The van der Waals surface area contributed by atoms with Gasteiger partial charge in [-0.15, -0.1) is 0 Å². The maximum Gasteiger partial charge on any atom is 0.355 e. The SMILES string of the molecule is CCOC(=O)c1[nH]c2ccc(Br)cc2c1CCCC(=O)OCc1ccccc1. The van der Waals surface area contributed by atoms with Crippen LogP contribution >= 0.6 is 15.9 Å². The molecule has 2 aromatic carbocycles. The molecular formula is C22H22BrNO4. The maximum absolute atomic E-state index is 12.3. The molecule has 3 aromatic rings. The molecule has 0 bridgehead atoms. The first-order valence-corrected chi connectivity index (χ1v) is 10.0. The van der Waals surface area contributed by atoms with Gasteiger partial charge in [-0.05, 0) is 49.1 Å². The van der Waals surface area contributed by atoms with E-state index in [2.05, 4.69) is 20.9 Å². The van der Waals surface area contributed by atoms with Crippen LogP contribution in [0.1, 0.15) is 41.4 Å². The largest absolute Gasteiger partial charge is 0.461 e. The molecule has 3 rings (SSSR count). The molecule has 0 aliphatic carbocycles. The van der Waals surface area contributed by atoms with Crippen LogP contribution in [0.5, 0.6) is 0 Å². The molecule has 6 heteroatoms. The second kappa shape index (κ2) is 9.55. The number of hydrogen-bond acceptors (Lipinski definition) is 4.